The maximum atomic E-state index is 13.3. The van der Waals surface area contributed by atoms with E-state index in [0.29, 0.717) is 6.61 Å². The lowest BCUT2D eigenvalue weighted by atomic mass is 10.1. The van der Waals surface area contributed by atoms with E-state index in [1.807, 2.05) is 6.07 Å². The summed E-state index contributed by atoms with van der Waals surface area (Å²) in [6.45, 7) is 4.37. The van der Waals surface area contributed by atoms with Crippen LogP contribution in [0.25, 0.3) is 21.8 Å². The van der Waals surface area contributed by atoms with Crippen molar-refractivity contribution < 1.29 is 13.7 Å². The molecule has 0 fully saturated rings. The molecule has 0 amide bonds. The van der Waals surface area contributed by atoms with Crippen molar-refractivity contribution in [3.8, 4) is 5.75 Å². The minimum Gasteiger partial charge on any atom is -0.489 e. The van der Waals surface area contributed by atoms with E-state index in [9.17, 15) is 4.39 Å². The molecule has 4 aromatic carbocycles. The van der Waals surface area contributed by atoms with Gasteiger partial charge in [-0.1, -0.05) is 72.8 Å². The largest absolute Gasteiger partial charge is 0.489 e. The maximum Gasteiger partial charge on any atom is 0.203 e. The highest BCUT2D eigenvalue weighted by Gasteiger charge is 2.20. The lowest BCUT2D eigenvalue weighted by Gasteiger charge is -2.11. The van der Waals surface area contributed by atoms with Gasteiger partial charge in [-0.3, -0.25) is 0 Å². The molecule has 0 radical (unpaired) electrons. The normalized spacial score (nSPS) is 11.3. The van der Waals surface area contributed by atoms with Crippen LogP contribution in [0.1, 0.15) is 28.8 Å². The van der Waals surface area contributed by atoms with Gasteiger partial charge in [-0.05, 0) is 48.2 Å². The molecule has 0 spiro atoms. The van der Waals surface area contributed by atoms with E-state index in [0.717, 1.165) is 37.2 Å². The number of nitrogens with zero attached hydrogens (tertiary/aromatic N) is 2. The predicted octanol–water partition coefficient (Wildman–Crippen LogP) is 7.79. The molecule has 0 aliphatic heterocycles. The van der Waals surface area contributed by atoms with Gasteiger partial charge in [0.2, 0.25) is 5.69 Å². The summed E-state index contributed by atoms with van der Waals surface area (Å²) < 4.78 is 24.3. The smallest absolute Gasteiger partial charge is 0.203 e. The summed E-state index contributed by atoms with van der Waals surface area (Å²) >= 11 is 0. The van der Waals surface area contributed by atoms with Gasteiger partial charge in [0.1, 0.15) is 23.7 Å². The van der Waals surface area contributed by atoms with Gasteiger partial charge < -0.3 is 9.30 Å². The zero-order valence-electron chi connectivity index (χ0n) is 22.2. The van der Waals surface area contributed by atoms with Gasteiger partial charge in [-0.15, -0.1) is 0 Å². The monoisotopic (exact) mass is 515 g/mol. The second-order valence-electron chi connectivity index (χ2n) is 10.1. The lowest BCUT2D eigenvalue weighted by molar-refractivity contribution is -0.693. The number of ether oxygens (including phenoxy) is 1. The molecule has 6 aromatic rings. The summed E-state index contributed by atoms with van der Waals surface area (Å²) in [6.07, 6.45) is 4.27. The summed E-state index contributed by atoms with van der Waals surface area (Å²) in [5.74, 6) is 0.578. The number of pyridine rings is 1. The van der Waals surface area contributed by atoms with Crippen LogP contribution in [0.4, 0.5) is 4.39 Å². The minimum atomic E-state index is -0.236. The molecule has 194 valence electrons. The Balaban J connectivity index is 1.37. The van der Waals surface area contributed by atoms with Crippen molar-refractivity contribution in [2.75, 3.05) is 0 Å². The molecular weight excluding hydrogens is 483 g/mol. The van der Waals surface area contributed by atoms with Gasteiger partial charge in [0.05, 0.1) is 5.52 Å². The van der Waals surface area contributed by atoms with Gasteiger partial charge in [0.15, 0.2) is 12.7 Å². The highest BCUT2D eigenvalue weighted by Crippen LogP contribution is 2.33. The first-order valence-corrected chi connectivity index (χ1v) is 13.6. The number of hydrogen-bond donors (Lipinski definition) is 0. The molecule has 4 heteroatoms. The second kappa shape index (κ2) is 11.1. The molecule has 0 saturated carbocycles. The Labute approximate surface area is 228 Å². The molecular formula is C35H32FN2O+. The van der Waals surface area contributed by atoms with E-state index < -0.39 is 0 Å². The van der Waals surface area contributed by atoms with Crippen LogP contribution >= 0.6 is 0 Å². The molecule has 0 unspecified atom stereocenters. The number of hydrogen-bond acceptors (Lipinski definition) is 1. The predicted molar refractivity (Wildman–Crippen MR) is 155 cm³/mol. The second-order valence-corrected chi connectivity index (χ2v) is 10.1. The van der Waals surface area contributed by atoms with Crippen LogP contribution in [0.5, 0.6) is 5.75 Å². The van der Waals surface area contributed by atoms with E-state index in [1.165, 1.54) is 50.8 Å². The van der Waals surface area contributed by atoms with Gasteiger partial charge in [0.25, 0.3) is 0 Å². The number of aryl methyl sites for hydroxylation is 3. The summed E-state index contributed by atoms with van der Waals surface area (Å²) in [7, 11) is 0. The molecule has 0 aliphatic rings. The van der Waals surface area contributed by atoms with Crippen molar-refractivity contribution in [3.05, 3.63) is 144 Å². The van der Waals surface area contributed by atoms with Crippen molar-refractivity contribution >= 4 is 21.8 Å². The first-order chi connectivity index (χ1) is 19.2. The van der Waals surface area contributed by atoms with Crippen LogP contribution in [0.3, 0.4) is 0 Å². The van der Waals surface area contributed by atoms with E-state index in [4.69, 9.17) is 4.74 Å². The fourth-order valence-corrected chi connectivity index (χ4v) is 5.43. The summed E-state index contributed by atoms with van der Waals surface area (Å²) in [5, 5.41) is 2.49. The zero-order valence-corrected chi connectivity index (χ0v) is 22.2. The number of halogens is 1. The third kappa shape index (κ3) is 5.42. The quantitative estimate of drug-likeness (QED) is 0.180. The number of aromatic nitrogens is 2. The Morgan fingerprint density at radius 3 is 2.21 bits per heavy atom. The van der Waals surface area contributed by atoms with Crippen molar-refractivity contribution in [2.24, 2.45) is 0 Å². The number of rotatable bonds is 9. The van der Waals surface area contributed by atoms with Crippen LogP contribution in [0.2, 0.25) is 0 Å². The summed E-state index contributed by atoms with van der Waals surface area (Å²) in [5.41, 5.74) is 7.28. The SMILES string of the molecule is Cc1c2c(cc[n+]1Cc1ccccc1)c1ccc(OCc3ccc(F)cc3)cc1n2CCCc1ccccc1. The van der Waals surface area contributed by atoms with Crippen molar-refractivity contribution in [1.82, 2.24) is 4.57 Å². The Morgan fingerprint density at radius 1 is 0.744 bits per heavy atom. The first kappa shape index (κ1) is 24.9. The molecule has 0 aliphatic carbocycles. The average molecular weight is 516 g/mol. The molecule has 6 rings (SSSR count). The Kier molecular flexibility index (Phi) is 7.09. The van der Waals surface area contributed by atoms with Gasteiger partial charge in [-0.25, -0.2) is 4.39 Å². The van der Waals surface area contributed by atoms with E-state index >= 15 is 0 Å². The third-order valence-electron chi connectivity index (χ3n) is 7.47. The topological polar surface area (TPSA) is 18.0 Å². The average Bonchev–Trinajstić information content (AvgIpc) is 3.29. The van der Waals surface area contributed by atoms with E-state index in [2.05, 4.69) is 101 Å². The van der Waals surface area contributed by atoms with Gasteiger partial charge in [0, 0.05) is 41.9 Å². The summed E-state index contributed by atoms with van der Waals surface area (Å²) in [4.78, 5) is 0. The Hall–Kier alpha value is -4.44. The Morgan fingerprint density at radius 2 is 1.46 bits per heavy atom. The fourth-order valence-electron chi connectivity index (χ4n) is 5.43. The minimum absolute atomic E-state index is 0.236. The van der Waals surface area contributed by atoms with Crippen LogP contribution in [0.15, 0.2) is 115 Å². The molecule has 2 aromatic heterocycles. The summed E-state index contributed by atoms with van der Waals surface area (Å²) in [6, 6.07) is 36.4. The van der Waals surface area contributed by atoms with Gasteiger partial charge in [-0.2, -0.15) is 4.57 Å². The third-order valence-corrected chi connectivity index (χ3v) is 7.47. The fraction of sp³-hybridized carbons (Fsp3) is 0.171. The molecule has 0 bridgehead atoms. The molecule has 3 nitrogen and oxygen atoms in total. The van der Waals surface area contributed by atoms with Crippen LogP contribution in [-0.4, -0.2) is 4.57 Å². The zero-order chi connectivity index (χ0) is 26.6. The van der Waals surface area contributed by atoms with Crippen LogP contribution in [0, 0.1) is 12.7 Å². The standard InChI is InChI=1S/C35H32FN2O/c1-26-35-33(20-22-37(26)24-28-11-6-3-7-12-28)32-19-18-31(39-25-29-14-16-30(36)17-15-29)23-34(32)38(35)21-8-13-27-9-4-2-5-10-27/h2-7,9-12,14-20,22-23H,8,13,21,24-25H2,1H3/q+1. The van der Waals surface area contributed by atoms with E-state index in [-0.39, 0.29) is 5.82 Å². The van der Waals surface area contributed by atoms with Crippen LogP contribution < -0.4 is 9.30 Å². The van der Waals surface area contributed by atoms with Crippen molar-refractivity contribution in [2.45, 2.75) is 39.5 Å². The van der Waals surface area contributed by atoms with Gasteiger partial charge >= 0.3 is 0 Å². The highest BCUT2D eigenvalue weighted by molar-refractivity contribution is 6.08. The molecule has 2 heterocycles. The molecule has 0 atom stereocenters. The lowest BCUT2D eigenvalue weighted by Crippen LogP contribution is -2.37. The van der Waals surface area contributed by atoms with Crippen LogP contribution in [-0.2, 0) is 26.1 Å². The Bertz CT molecular complexity index is 1710. The molecule has 0 saturated heterocycles. The molecule has 0 N–H and O–H groups in total. The number of fused-ring (bicyclic) bond motifs is 3. The van der Waals surface area contributed by atoms with Crippen molar-refractivity contribution in [3.63, 3.8) is 0 Å². The molecule has 39 heavy (non-hydrogen) atoms. The maximum absolute atomic E-state index is 13.3. The van der Waals surface area contributed by atoms with Crippen molar-refractivity contribution in [1.29, 1.82) is 0 Å². The number of benzene rings is 4. The first-order valence-electron chi connectivity index (χ1n) is 13.6. The highest BCUT2D eigenvalue weighted by atomic mass is 19.1. The van der Waals surface area contributed by atoms with E-state index in [1.54, 1.807) is 12.1 Å².